The average Bonchev–Trinajstić information content (AvgIpc) is 3.49. The lowest BCUT2D eigenvalue weighted by atomic mass is 9.83. The van der Waals surface area contributed by atoms with Gasteiger partial charge in [0.1, 0.15) is 11.1 Å². The smallest absolute Gasteiger partial charge is 0.305 e. The van der Waals surface area contributed by atoms with Gasteiger partial charge in [0, 0.05) is 16.5 Å². The van der Waals surface area contributed by atoms with E-state index < -0.39 is 40.6 Å². The maximum atomic E-state index is 13.9. The number of fused-ring (bicyclic) bond motifs is 2. The lowest BCUT2D eigenvalue weighted by Crippen LogP contribution is -2.32. The molecular formula is C30H22Cl2FN3O6S2. The minimum atomic E-state index is -0.838. The highest BCUT2D eigenvalue weighted by Crippen LogP contribution is 2.53. The molecule has 0 radical (unpaired) electrons. The molecule has 0 bridgehead atoms. The Morgan fingerprint density at radius 3 is 2.48 bits per heavy atom. The summed E-state index contributed by atoms with van der Waals surface area (Å²) in [6, 6.07) is 14.9. The Labute approximate surface area is 268 Å². The molecule has 2 aliphatic heterocycles. The second kappa shape index (κ2) is 12.3. The molecule has 3 heterocycles. The van der Waals surface area contributed by atoms with Crippen LogP contribution in [-0.2, 0) is 14.4 Å². The molecular weight excluding hydrogens is 652 g/mol. The fourth-order valence-electron chi connectivity index (χ4n) is 5.24. The SMILES string of the molecule is CCOc1cc([C@H]2c3sc(=O)[nH]c3SC3C(=O)N(c4ccc(F)cc4)C(=O)C32)ccc1OCC(=O)Nc1ccc(Cl)c(Cl)c1. The number of aromatic amines is 1. The summed E-state index contributed by atoms with van der Waals surface area (Å²) < 4.78 is 25.2. The normalized spacial score (nSPS) is 19.0. The summed E-state index contributed by atoms with van der Waals surface area (Å²) in [4.78, 5) is 56.6. The molecule has 1 saturated heterocycles. The molecule has 2 unspecified atom stereocenters. The number of benzene rings is 3. The monoisotopic (exact) mass is 673 g/mol. The van der Waals surface area contributed by atoms with Gasteiger partial charge in [-0.3, -0.25) is 19.2 Å². The molecule has 1 fully saturated rings. The number of amides is 3. The van der Waals surface area contributed by atoms with Crippen molar-refractivity contribution in [2.75, 3.05) is 23.4 Å². The summed E-state index contributed by atoms with van der Waals surface area (Å²) in [7, 11) is 0. The van der Waals surface area contributed by atoms with E-state index in [0.29, 0.717) is 36.9 Å². The molecule has 0 saturated carbocycles. The number of ether oxygens (including phenoxy) is 2. The van der Waals surface area contributed by atoms with Crippen molar-refractivity contribution in [3.8, 4) is 11.5 Å². The number of aromatic nitrogens is 1. The number of rotatable bonds is 8. The molecule has 6 rings (SSSR count). The zero-order chi connectivity index (χ0) is 31.1. The van der Waals surface area contributed by atoms with Gasteiger partial charge >= 0.3 is 4.87 Å². The average molecular weight is 675 g/mol. The first-order valence-corrected chi connectivity index (χ1v) is 15.8. The highest BCUT2D eigenvalue weighted by atomic mass is 35.5. The van der Waals surface area contributed by atoms with E-state index >= 15 is 0 Å². The number of carbonyl (C=O) groups excluding carboxylic acids is 3. The van der Waals surface area contributed by atoms with Gasteiger partial charge < -0.3 is 19.8 Å². The summed E-state index contributed by atoms with van der Waals surface area (Å²) in [6.07, 6.45) is 0. The van der Waals surface area contributed by atoms with Crippen molar-refractivity contribution >= 4 is 75.4 Å². The number of nitrogens with zero attached hydrogens (tertiary/aromatic N) is 1. The maximum absolute atomic E-state index is 13.9. The minimum absolute atomic E-state index is 0.268. The van der Waals surface area contributed by atoms with E-state index in [-0.39, 0.29) is 29.5 Å². The fourth-order valence-corrected chi connectivity index (χ4v) is 8.05. The van der Waals surface area contributed by atoms with Gasteiger partial charge in [0.2, 0.25) is 11.8 Å². The number of halogens is 3. The van der Waals surface area contributed by atoms with Gasteiger partial charge in [-0.15, -0.1) is 0 Å². The first kappa shape index (κ1) is 30.2. The number of thiazole rings is 1. The molecule has 44 heavy (non-hydrogen) atoms. The van der Waals surface area contributed by atoms with Gasteiger partial charge in [-0.05, 0) is 67.1 Å². The predicted molar refractivity (Wildman–Crippen MR) is 167 cm³/mol. The van der Waals surface area contributed by atoms with E-state index in [1.54, 1.807) is 37.3 Å². The van der Waals surface area contributed by atoms with Crippen LogP contribution in [0.5, 0.6) is 11.5 Å². The Morgan fingerprint density at radius 1 is 0.977 bits per heavy atom. The molecule has 9 nitrogen and oxygen atoms in total. The van der Waals surface area contributed by atoms with Crippen LogP contribution in [0.2, 0.25) is 10.0 Å². The fraction of sp³-hybridized carbons (Fsp3) is 0.200. The molecule has 3 atom stereocenters. The van der Waals surface area contributed by atoms with E-state index in [9.17, 15) is 23.6 Å². The summed E-state index contributed by atoms with van der Waals surface area (Å²) in [5, 5.41) is 3.04. The standard InChI is InChI=1S/C30H22Cl2FN3O6S2/c1-2-41-21-11-14(3-10-20(21)42-13-22(37)34-16-6-9-18(31)19(32)12-16)23-24-26(43-27-25(23)44-30(40)35-27)29(39)36(28(24)38)17-7-4-15(33)5-8-17/h3-12,23-24,26H,2,13H2,1H3,(H,34,37)(H,35,40)/t23-,24?,26?/m1/s1. The van der Waals surface area contributed by atoms with E-state index in [0.717, 1.165) is 28.0 Å². The first-order valence-electron chi connectivity index (χ1n) is 13.3. The zero-order valence-electron chi connectivity index (χ0n) is 22.8. The van der Waals surface area contributed by atoms with Crippen molar-refractivity contribution < 1.29 is 28.2 Å². The number of hydrogen-bond donors (Lipinski definition) is 2. The predicted octanol–water partition coefficient (Wildman–Crippen LogP) is 6.09. The Hall–Kier alpha value is -3.84. The summed E-state index contributed by atoms with van der Waals surface area (Å²) in [5.74, 6) is -2.73. The van der Waals surface area contributed by atoms with Gasteiger partial charge in [-0.2, -0.15) is 0 Å². The van der Waals surface area contributed by atoms with Crippen LogP contribution in [0.15, 0.2) is 70.5 Å². The highest BCUT2D eigenvalue weighted by molar-refractivity contribution is 8.00. The molecule has 226 valence electrons. The van der Waals surface area contributed by atoms with Gasteiger partial charge in [-0.1, -0.05) is 52.4 Å². The minimum Gasteiger partial charge on any atom is -0.490 e. The number of H-pyrrole nitrogens is 1. The van der Waals surface area contributed by atoms with Crippen molar-refractivity contribution in [2.45, 2.75) is 23.1 Å². The van der Waals surface area contributed by atoms with Gasteiger partial charge in [0.25, 0.3) is 5.91 Å². The van der Waals surface area contributed by atoms with Crippen LogP contribution in [-0.4, -0.2) is 41.2 Å². The van der Waals surface area contributed by atoms with Crippen molar-refractivity contribution in [1.82, 2.24) is 4.98 Å². The molecule has 14 heteroatoms. The molecule has 3 aromatic carbocycles. The van der Waals surface area contributed by atoms with Crippen molar-refractivity contribution in [3.05, 3.63) is 96.6 Å². The van der Waals surface area contributed by atoms with E-state index in [2.05, 4.69) is 10.3 Å². The third-order valence-electron chi connectivity index (χ3n) is 7.10. The van der Waals surface area contributed by atoms with Crippen molar-refractivity contribution in [2.24, 2.45) is 5.92 Å². The number of anilines is 2. The molecule has 2 aliphatic rings. The molecule has 0 spiro atoms. The summed E-state index contributed by atoms with van der Waals surface area (Å²) >= 11 is 14.1. The third-order valence-corrected chi connectivity index (χ3v) is 10.2. The molecule has 0 aliphatic carbocycles. The Bertz CT molecular complexity index is 1850. The van der Waals surface area contributed by atoms with Crippen LogP contribution in [0, 0.1) is 11.7 Å². The third kappa shape index (κ3) is 5.70. The van der Waals surface area contributed by atoms with Gasteiger partial charge in [-0.25, -0.2) is 9.29 Å². The number of hydrogen-bond acceptors (Lipinski definition) is 8. The van der Waals surface area contributed by atoms with Crippen LogP contribution in [0.1, 0.15) is 23.3 Å². The largest absolute Gasteiger partial charge is 0.490 e. The molecule has 3 amide bonds. The summed E-state index contributed by atoms with van der Waals surface area (Å²) in [5.41, 5.74) is 1.34. The lowest BCUT2D eigenvalue weighted by molar-refractivity contribution is -0.122. The second-order valence-electron chi connectivity index (χ2n) is 9.84. The lowest BCUT2D eigenvalue weighted by Gasteiger charge is -2.30. The van der Waals surface area contributed by atoms with Crippen LogP contribution >= 0.6 is 46.3 Å². The molecule has 2 N–H and O–H groups in total. The Morgan fingerprint density at radius 2 is 1.75 bits per heavy atom. The van der Waals surface area contributed by atoms with Crippen molar-refractivity contribution in [1.29, 1.82) is 0 Å². The van der Waals surface area contributed by atoms with Crippen LogP contribution in [0.4, 0.5) is 15.8 Å². The number of nitrogens with one attached hydrogen (secondary N) is 2. The first-order chi connectivity index (χ1) is 21.1. The summed E-state index contributed by atoms with van der Waals surface area (Å²) in [6.45, 7) is 1.73. The van der Waals surface area contributed by atoms with Crippen LogP contribution < -0.4 is 24.6 Å². The number of carbonyl (C=O) groups is 3. The van der Waals surface area contributed by atoms with E-state index in [1.165, 1.54) is 30.3 Å². The van der Waals surface area contributed by atoms with Gasteiger partial charge in [0.15, 0.2) is 18.1 Å². The second-order valence-corrected chi connectivity index (χ2v) is 12.8. The Kier molecular flexibility index (Phi) is 8.42. The Balaban J connectivity index is 1.30. The van der Waals surface area contributed by atoms with E-state index in [1.807, 2.05) is 0 Å². The van der Waals surface area contributed by atoms with Crippen LogP contribution in [0.3, 0.4) is 0 Å². The zero-order valence-corrected chi connectivity index (χ0v) is 25.9. The number of thioether (sulfide) groups is 1. The highest BCUT2D eigenvalue weighted by Gasteiger charge is 2.56. The maximum Gasteiger partial charge on any atom is 0.305 e. The van der Waals surface area contributed by atoms with Crippen molar-refractivity contribution in [3.63, 3.8) is 0 Å². The van der Waals surface area contributed by atoms with E-state index in [4.69, 9.17) is 32.7 Å². The van der Waals surface area contributed by atoms with Crippen LogP contribution in [0.25, 0.3) is 0 Å². The topological polar surface area (TPSA) is 118 Å². The van der Waals surface area contributed by atoms with Gasteiger partial charge in [0.05, 0.1) is 33.3 Å². The molecule has 1 aromatic heterocycles. The molecule has 4 aromatic rings. The number of imide groups is 1. The quantitative estimate of drug-likeness (QED) is 0.217.